The van der Waals surface area contributed by atoms with Gasteiger partial charge in [0, 0.05) is 24.6 Å². The van der Waals surface area contributed by atoms with Crippen LogP contribution in [0, 0.1) is 5.92 Å². The smallest absolute Gasteiger partial charge is 0.253 e. The summed E-state index contributed by atoms with van der Waals surface area (Å²) >= 11 is 0. The molecule has 3 rings (SSSR count). The highest BCUT2D eigenvalue weighted by Crippen LogP contribution is 2.26. The van der Waals surface area contributed by atoms with E-state index in [1.807, 2.05) is 4.90 Å². The predicted molar refractivity (Wildman–Crippen MR) is 93.1 cm³/mol. The van der Waals surface area contributed by atoms with Crippen LogP contribution in [0.15, 0.2) is 29.2 Å². The lowest BCUT2D eigenvalue weighted by Crippen LogP contribution is -2.41. The number of nitrogens with zero attached hydrogens (tertiary/aromatic N) is 1. The predicted octanol–water partition coefficient (Wildman–Crippen LogP) is 2.09. The van der Waals surface area contributed by atoms with Gasteiger partial charge in [-0.2, -0.15) is 0 Å². The number of piperidine rings is 1. The molecule has 0 N–H and O–H groups in total. The van der Waals surface area contributed by atoms with E-state index in [0.717, 1.165) is 12.8 Å². The number of hydrogen-bond donors (Lipinski definition) is 0. The first kappa shape index (κ1) is 18.4. The van der Waals surface area contributed by atoms with Crippen LogP contribution in [0.3, 0.4) is 0 Å². The van der Waals surface area contributed by atoms with Crippen LogP contribution in [0.4, 0.5) is 0 Å². The Balaban J connectivity index is 1.62. The average molecular weight is 367 g/mol. The van der Waals surface area contributed by atoms with Gasteiger partial charge >= 0.3 is 0 Å². The van der Waals surface area contributed by atoms with E-state index in [2.05, 4.69) is 0 Å². The van der Waals surface area contributed by atoms with Crippen LogP contribution < -0.4 is 0 Å². The van der Waals surface area contributed by atoms with E-state index in [0.29, 0.717) is 37.8 Å². The van der Waals surface area contributed by atoms with Crippen molar-refractivity contribution in [2.24, 2.45) is 5.92 Å². The third-order valence-corrected chi connectivity index (χ3v) is 7.08. The van der Waals surface area contributed by atoms with Crippen molar-refractivity contribution in [2.75, 3.05) is 26.3 Å². The number of rotatable bonds is 4. The number of ether oxygens (including phenoxy) is 2. The molecule has 7 heteroatoms. The summed E-state index contributed by atoms with van der Waals surface area (Å²) < 4.78 is 35.4. The normalized spacial score (nSPS) is 20.4. The molecule has 2 aliphatic rings. The zero-order valence-electron chi connectivity index (χ0n) is 14.7. The third-order valence-electron chi connectivity index (χ3n) is 4.91. The van der Waals surface area contributed by atoms with Crippen LogP contribution in [0.2, 0.25) is 0 Å². The van der Waals surface area contributed by atoms with Gasteiger partial charge in [0.1, 0.15) is 0 Å². The fourth-order valence-corrected chi connectivity index (χ4v) is 4.33. The maximum absolute atomic E-state index is 12.6. The summed E-state index contributed by atoms with van der Waals surface area (Å²) in [6, 6.07) is 6.25. The van der Waals surface area contributed by atoms with Crippen LogP contribution in [-0.2, 0) is 19.3 Å². The Morgan fingerprint density at radius 3 is 2.16 bits per heavy atom. The third kappa shape index (κ3) is 3.88. The number of carbonyl (C=O) groups excluding carboxylic acids is 1. The Hall–Kier alpha value is -1.44. The molecule has 0 aromatic heterocycles. The number of sulfone groups is 1. The fraction of sp³-hybridized carbons (Fsp3) is 0.611. The van der Waals surface area contributed by atoms with Crippen molar-refractivity contribution in [1.82, 2.24) is 4.90 Å². The Bertz CT molecular complexity index is 699. The second kappa shape index (κ2) is 7.43. The number of hydrogen-bond acceptors (Lipinski definition) is 5. The lowest BCUT2D eigenvalue weighted by Gasteiger charge is -2.33. The summed E-state index contributed by atoms with van der Waals surface area (Å²) in [5.74, 6) is 0.283. The van der Waals surface area contributed by atoms with Crippen LogP contribution in [-0.4, -0.2) is 57.1 Å². The Morgan fingerprint density at radius 2 is 1.64 bits per heavy atom. The van der Waals surface area contributed by atoms with Gasteiger partial charge in [0.25, 0.3) is 5.91 Å². The number of amides is 1. The van der Waals surface area contributed by atoms with Crippen molar-refractivity contribution in [3.63, 3.8) is 0 Å². The molecule has 25 heavy (non-hydrogen) atoms. The van der Waals surface area contributed by atoms with Crippen LogP contribution in [0.5, 0.6) is 0 Å². The first-order chi connectivity index (χ1) is 11.9. The van der Waals surface area contributed by atoms with E-state index >= 15 is 0 Å². The minimum atomic E-state index is -3.31. The summed E-state index contributed by atoms with van der Waals surface area (Å²) in [6.07, 6.45) is 1.59. The van der Waals surface area contributed by atoms with Crippen molar-refractivity contribution in [3.8, 4) is 0 Å². The second-order valence-electron chi connectivity index (χ2n) is 6.86. The molecule has 0 bridgehead atoms. The van der Waals surface area contributed by atoms with Crippen molar-refractivity contribution < 1.29 is 22.7 Å². The molecular formula is C18H25NO5S. The highest BCUT2D eigenvalue weighted by molar-refractivity contribution is 7.92. The minimum Gasteiger partial charge on any atom is -0.350 e. The highest BCUT2D eigenvalue weighted by atomic mass is 32.2. The molecule has 2 heterocycles. The Labute approximate surface area is 149 Å². The average Bonchev–Trinajstić information content (AvgIpc) is 3.16. The molecule has 2 fully saturated rings. The largest absolute Gasteiger partial charge is 0.350 e. The molecule has 1 aromatic rings. The maximum atomic E-state index is 12.6. The second-order valence-corrected chi connectivity index (χ2v) is 9.36. The van der Waals surface area contributed by atoms with E-state index in [1.54, 1.807) is 26.0 Å². The lowest BCUT2D eigenvalue weighted by molar-refractivity contribution is -0.0956. The van der Waals surface area contributed by atoms with Gasteiger partial charge in [-0.3, -0.25) is 4.79 Å². The first-order valence-corrected chi connectivity index (χ1v) is 10.3. The van der Waals surface area contributed by atoms with Gasteiger partial charge in [-0.25, -0.2) is 8.42 Å². The van der Waals surface area contributed by atoms with E-state index in [9.17, 15) is 13.2 Å². The van der Waals surface area contributed by atoms with Crippen LogP contribution >= 0.6 is 0 Å². The molecule has 1 amide bonds. The summed E-state index contributed by atoms with van der Waals surface area (Å²) in [7, 11) is -3.31. The fourth-order valence-electron chi connectivity index (χ4n) is 3.27. The highest BCUT2D eigenvalue weighted by Gasteiger charge is 2.32. The minimum absolute atomic E-state index is 0.0554. The van der Waals surface area contributed by atoms with E-state index in [1.165, 1.54) is 12.1 Å². The maximum Gasteiger partial charge on any atom is 0.253 e. The molecule has 2 aliphatic heterocycles. The van der Waals surface area contributed by atoms with Crippen LogP contribution in [0.1, 0.15) is 37.0 Å². The van der Waals surface area contributed by atoms with Crippen molar-refractivity contribution >= 4 is 15.7 Å². The molecule has 0 spiro atoms. The number of likely N-dealkylation sites (tertiary alicyclic amines) is 1. The lowest BCUT2D eigenvalue weighted by atomic mass is 9.95. The monoisotopic (exact) mass is 367 g/mol. The van der Waals surface area contributed by atoms with Crippen molar-refractivity contribution in [2.45, 2.75) is 43.1 Å². The molecular weight excluding hydrogens is 342 g/mol. The number of benzene rings is 1. The molecule has 0 radical (unpaired) electrons. The Kier molecular flexibility index (Phi) is 5.46. The van der Waals surface area contributed by atoms with Gasteiger partial charge in [-0.15, -0.1) is 0 Å². The van der Waals surface area contributed by atoms with Gasteiger partial charge in [-0.05, 0) is 51.0 Å². The van der Waals surface area contributed by atoms with Gasteiger partial charge in [0.2, 0.25) is 0 Å². The molecule has 0 saturated carbocycles. The summed E-state index contributed by atoms with van der Waals surface area (Å²) in [5.41, 5.74) is 0.523. The molecule has 0 aliphatic carbocycles. The van der Waals surface area contributed by atoms with Gasteiger partial charge in [0.05, 0.1) is 23.4 Å². The zero-order valence-corrected chi connectivity index (χ0v) is 15.5. The quantitative estimate of drug-likeness (QED) is 0.815. The van der Waals surface area contributed by atoms with Gasteiger partial charge < -0.3 is 14.4 Å². The standard InChI is InChI=1S/C18H25NO5S/c1-13(2)25(21,22)16-5-3-14(4-6-16)17(20)19-9-7-15(8-10-19)18-23-11-12-24-18/h3-6,13,15,18H,7-12H2,1-2H3. The SMILES string of the molecule is CC(C)S(=O)(=O)c1ccc(C(=O)N2CCC(C3OCCO3)CC2)cc1. The molecule has 138 valence electrons. The Morgan fingerprint density at radius 1 is 1.08 bits per heavy atom. The van der Waals surface area contributed by atoms with Gasteiger partial charge in [-0.1, -0.05) is 0 Å². The summed E-state index contributed by atoms with van der Waals surface area (Å²) in [6.45, 7) is 5.93. The van der Waals surface area contributed by atoms with Crippen LogP contribution in [0.25, 0.3) is 0 Å². The molecule has 0 atom stereocenters. The topological polar surface area (TPSA) is 72.9 Å². The van der Waals surface area contributed by atoms with Gasteiger partial charge in [0.15, 0.2) is 16.1 Å². The zero-order chi connectivity index (χ0) is 18.0. The summed E-state index contributed by atoms with van der Waals surface area (Å²) in [4.78, 5) is 14.7. The molecule has 2 saturated heterocycles. The van der Waals surface area contributed by atoms with Crippen molar-refractivity contribution in [1.29, 1.82) is 0 Å². The first-order valence-electron chi connectivity index (χ1n) is 8.76. The summed E-state index contributed by atoms with van der Waals surface area (Å²) in [5, 5.41) is -0.479. The van der Waals surface area contributed by atoms with Crippen molar-refractivity contribution in [3.05, 3.63) is 29.8 Å². The molecule has 1 aromatic carbocycles. The molecule has 0 unspecified atom stereocenters. The van der Waals surface area contributed by atoms with E-state index in [4.69, 9.17) is 9.47 Å². The van der Waals surface area contributed by atoms with E-state index < -0.39 is 15.1 Å². The molecule has 6 nitrogen and oxygen atoms in total. The van der Waals surface area contributed by atoms with E-state index in [-0.39, 0.29) is 17.1 Å². The number of carbonyl (C=O) groups is 1.